The molecule has 2 rings (SSSR count). The minimum atomic E-state index is 0. The van der Waals surface area contributed by atoms with Crippen molar-refractivity contribution in [1.82, 2.24) is 10.6 Å². The smallest absolute Gasteiger partial charge is 0.191 e. The van der Waals surface area contributed by atoms with Crippen molar-refractivity contribution in [3.8, 4) is 5.75 Å². The second-order valence-electron chi connectivity index (χ2n) is 5.17. The third-order valence-electron chi connectivity index (χ3n) is 3.58. The van der Waals surface area contributed by atoms with E-state index in [0.29, 0.717) is 0 Å². The molecular weight excluding hydrogens is 433 g/mol. The molecule has 0 amide bonds. The second-order valence-corrected chi connectivity index (χ2v) is 6.43. The zero-order chi connectivity index (χ0) is 16.5. The Balaban J connectivity index is 0.00000288. The van der Waals surface area contributed by atoms with Crippen molar-refractivity contribution < 1.29 is 4.74 Å². The average Bonchev–Trinajstić information content (AvgIpc) is 3.06. The standard InChI is InChI=1S/C18H25N3OS.HI/c1-4-16-9-10-17(23-16)13-21-18(19-2)20-12-11-14-5-7-15(22-3)8-6-14;/h5-10H,4,11-13H2,1-3H3,(H2,19,20,21);1H. The van der Waals surface area contributed by atoms with Gasteiger partial charge in [-0.25, -0.2) is 0 Å². The number of halogens is 1. The van der Waals surface area contributed by atoms with Gasteiger partial charge in [-0.3, -0.25) is 4.99 Å². The summed E-state index contributed by atoms with van der Waals surface area (Å²) in [6.07, 6.45) is 2.04. The fourth-order valence-corrected chi connectivity index (χ4v) is 3.11. The van der Waals surface area contributed by atoms with Crippen molar-refractivity contribution in [2.45, 2.75) is 26.3 Å². The number of aryl methyl sites for hydroxylation is 1. The summed E-state index contributed by atoms with van der Waals surface area (Å²) < 4.78 is 5.17. The monoisotopic (exact) mass is 459 g/mol. The molecule has 1 aromatic heterocycles. The molecule has 0 bridgehead atoms. The van der Waals surface area contributed by atoms with E-state index < -0.39 is 0 Å². The molecule has 4 nitrogen and oxygen atoms in total. The Labute approximate surface area is 165 Å². The van der Waals surface area contributed by atoms with Crippen LogP contribution in [0.3, 0.4) is 0 Å². The lowest BCUT2D eigenvalue weighted by molar-refractivity contribution is 0.414. The van der Waals surface area contributed by atoms with Gasteiger partial charge in [0.05, 0.1) is 13.7 Å². The Hall–Kier alpha value is -1.28. The summed E-state index contributed by atoms with van der Waals surface area (Å²) in [5.41, 5.74) is 1.28. The summed E-state index contributed by atoms with van der Waals surface area (Å²) in [7, 11) is 3.48. The van der Waals surface area contributed by atoms with Crippen LogP contribution < -0.4 is 15.4 Å². The molecule has 0 aliphatic carbocycles. The number of aliphatic imine (C=N–C) groups is 1. The van der Waals surface area contributed by atoms with Crippen LogP contribution in [0.4, 0.5) is 0 Å². The number of hydrogen-bond donors (Lipinski definition) is 2. The third-order valence-corrected chi connectivity index (χ3v) is 4.81. The maximum absolute atomic E-state index is 5.17. The molecule has 24 heavy (non-hydrogen) atoms. The number of ether oxygens (including phenoxy) is 1. The molecular formula is C18H26IN3OS. The van der Waals surface area contributed by atoms with E-state index in [0.717, 1.165) is 37.6 Å². The van der Waals surface area contributed by atoms with Gasteiger partial charge in [-0.1, -0.05) is 19.1 Å². The lowest BCUT2D eigenvalue weighted by Crippen LogP contribution is -2.37. The van der Waals surface area contributed by atoms with E-state index in [1.54, 1.807) is 14.2 Å². The highest BCUT2D eigenvalue weighted by Crippen LogP contribution is 2.16. The fourth-order valence-electron chi connectivity index (χ4n) is 2.22. The van der Waals surface area contributed by atoms with Gasteiger partial charge in [-0.2, -0.15) is 0 Å². The first-order valence-corrected chi connectivity index (χ1v) is 8.71. The lowest BCUT2D eigenvalue weighted by atomic mass is 10.1. The summed E-state index contributed by atoms with van der Waals surface area (Å²) in [5, 5.41) is 6.71. The van der Waals surface area contributed by atoms with E-state index in [9.17, 15) is 0 Å². The van der Waals surface area contributed by atoms with Crippen LogP contribution in [0.2, 0.25) is 0 Å². The Kier molecular flexibility index (Phi) is 9.78. The minimum Gasteiger partial charge on any atom is -0.497 e. The Bertz CT molecular complexity index is 625. The molecule has 2 aromatic rings. The van der Waals surface area contributed by atoms with Crippen molar-refractivity contribution in [3.63, 3.8) is 0 Å². The van der Waals surface area contributed by atoms with E-state index in [-0.39, 0.29) is 24.0 Å². The van der Waals surface area contributed by atoms with Crippen LogP contribution in [0.25, 0.3) is 0 Å². The molecule has 0 fully saturated rings. The fraction of sp³-hybridized carbons (Fsp3) is 0.389. The van der Waals surface area contributed by atoms with Crippen LogP contribution in [-0.4, -0.2) is 26.7 Å². The molecule has 0 saturated carbocycles. The number of nitrogens with zero attached hydrogens (tertiary/aromatic N) is 1. The summed E-state index contributed by atoms with van der Waals surface area (Å²) >= 11 is 1.85. The van der Waals surface area contributed by atoms with Crippen LogP contribution in [0, 0.1) is 0 Å². The molecule has 2 N–H and O–H groups in total. The van der Waals surface area contributed by atoms with E-state index in [1.165, 1.54) is 15.3 Å². The second kappa shape index (κ2) is 11.3. The van der Waals surface area contributed by atoms with Crippen LogP contribution >= 0.6 is 35.3 Å². The SMILES string of the molecule is CCc1ccc(CNC(=NC)NCCc2ccc(OC)cc2)s1.I. The number of hydrogen-bond acceptors (Lipinski definition) is 3. The molecule has 0 spiro atoms. The number of rotatable bonds is 7. The third kappa shape index (κ3) is 6.68. The Morgan fingerprint density at radius 3 is 2.38 bits per heavy atom. The Morgan fingerprint density at radius 2 is 1.79 bits per heavy atom. The van der Waals surface area contributed by atoms with Crippen molar-refractivity contribution in [3.05, 3.63) is 51.7 Å². The topological polar surface area (TPSA) is 45.7 Å². The van der Waals surface area contributed by atoms with Gasteiger partial charge >= 0.3 is 0 Å². The van der Waals surface area contributed by atoms with E-state index in [4.69, 9.17) is 4.74 Å². The van der Waals surface area contributed by atoms with Crippen LogP contribution in [0.15, 0.2) is 41.4 Å². The van der Waals surface area contributed by atoms with Crippen LogP contribution in [-0.2, 0) is 19.4 Å². The van der Waals surface area contributed by atoms with Gasteiger partial charge in [0.2, 0.25) is 0 Å². The Morgan fingerprint density at radius 1 is 1.08 bits per heavy atom. The van der Waals surface area contributed by atoms with Crippen molar-refractivity contribution >= 4 is 41.3 Å². The van der Waals surface area contributed by atoms with Gasteiger partial charge in [-0.05, 0) is 42.7 Å². The zero-order valence-electron chi connectivity index (χ0n) is 14.5. The van der Waals surface area contributed by atoms with Gasteiger partial charge < -0.3 is 15.4 Å². The molecule has 0 saturated heterocycles. The van der Waals surface area contributed by atoms with Crippen molar-refractivity contribution in [2.24, 2.45) is 4.99 Å². The van der Waals surface area contributed by atoms with E-state index in [1.807, 2.05) is 23.5 Å². The zero-order valence-corrected chi connectivity index (χ0v) is 17.6. The highest BCUT2D eigenvalue weighted by molar-refractivity contribution is 14.0. The minimum absolute atomic E-state index is 0. The molecule has 0 unspecified atom stereocenters. The highest BCUT2D eigenvalue weighted by Gasteiger charge is 2.01. The lowest BCUT2D eigenvalue weighted by Gasteiger charge is -2.11. The average molecular weight is 459 g/mol. The van der Waals surface area contributed by atoms with Gasteiger partial charge in [0, 0.05) is 23.3 Å². The van der Waals surface area contributed by atoms with E-state index in [2.05, 4.69) is 46.8 Å². The van der Waals surface area contributed by atoms with Gasteiger partial charge in [0.1, 0.15) is 5.75 Å². The predicted molar refractivity (Wildman–Crippen MR) is 114 cm³/mol. The molecule has 0 radical (unpaired) electrons. The van der Waals surface area contributed by atoms with Crippen LogP contribution in [0.1, 0.15) is 22.2 Å². The number of guanidine groups is 1. The summed E-state index contributed by atoms with van der Waals surface area (Å²) in [6.45, 7) is 3.84. The van der Waals surface area contributed by atoms with Gasteiger partial charge in [0.15, 0.2) is 5.96 Å². The highest BCUT2D eigenvalue weighted by atomic mass is 127. The van der Waals surface area contributed by atoms with Crippen LogP contribution in [0.5, 0.6) is 5.75 Å². The maximum atomic E-state index is 5.17. The first-order chi connectivity index (χ1) is 11.2. The number of thiophene rings is 1. The summed E-state index contributed by atoms with van der Waals surface area (Å²) in [6, 6.07) is 12.5. The van der Waals surface area contributed by atoms with Gasteiger partial charge in [-0.15, -0.1) is 35.3 Å². The summed E-state index contributed by atoms with van der Waals surface area (Å²) in [4.78, 5) is 7.02. The number of benzene rings is 1. The summed E-state index contributed by atoms with van der Waals surface area (Å²) in [5.74, 6) is 1.73. The first kappa shape index (κ1) is 20.8. The number of nitrogens with one attached hydrogen (secondary N) is 2. The molecule has 1 heterocycles. The number of methoxy groups -OCH3 is 1. The van der Waals surface area contributed by atoms with Crippen molar-refractivity contribution in [2.75, 3.05) is 20.7 Å². The normalized spacial score (nSPS) is 10.9. The maximum Gasteiger partial charge on any atom is 0.191 e. The molecule has 0 aliphatic heterocycles. The predicted octanol–water partition coefficient (Wildman–Crippen LogP) is 3.84. The van der Waals surface area contributed by atoms with Crippen molar-refractivity contribution in [1.29, 1.82) is 0 Å². The molecule has 6 heteroatoms. The molecule has 0 atom stereocenters. The molecule has 1 aromatic carbocycles. The van der Waals surface area contributed by atoms with E-state index >= 15 is 0 Å². The molecule has 132 valence electrons. The first-order valence-electron chi connectivity index (χ1n) is 7.90. The molecule has 0 aliphatic rings. The largest absolute Gasteiger partial charge is 0.497 e. The quantitative estimate of drug-likeness (QED) is 0.376. The van der Waals surface area contributed by atoms with Gasteiger partial charge in [0.25, 0.3) is 0 Å².